The molecule has 1 saturated heterocycles. The van der Waals surface area contributed by atoms with Crippen LogP contribution in [0.4, 0.5) is 0 Å². The molecule has 0 unspecified atom stereocenters. The normalized spacial score (nSPS) is 33.8. The van der Waals surface area contributed by atoms with Gasteiger partial charge in [-0.2, -0.15) is 0 Å². The Morgan fingerprint density at radius 1 is 1.18 bits per heavy atom. The summed E-state index contributed by atoms with van der Waals surface area (Å²) in [5, 5.41) is 0. The van der Waals surface area contributed by atoms with Gasteiger partial charge in [0, 0.05) is 5.92 Å². The molecule has 1 heterocycles. The van der Waals surface area contributed by atoms with Crippen molar-refractivity contribution in [2.75, 3.05) is 13.3 Å². The van der Waals surface area contributed by atoms with Crippen molar-refractivity contribution in [3.05, 3.63) is 11.1 Å². The number of rotatable bonds is 3. The minimum absolute atomic E-state index is 0.103. The zero-order valence-corrected chi connectivity index (χ0v) is 13.2. The van der Waals surface area contributed by atoms with Gasteiger partial charge in [-0.3, -0.25) is 0 Å². The van der Waals surface area contributed by atoms with Crippen molar-refractivity contribution in [1.29, 1.82) is 0 Å². The molecule has 0 radical (unpaired) electrons. The van der Waals surface area contributed by atoms with Gasteiger partial charge < -0.3 is 9.26 Å². The molecule has 1 aliphatic rings. The minimum atomic E-state index is -1.49. The zero-order valence-electron chi connectivity index (χ0n) is 12.3. The van der Waals surface area contributed by atoms with Gasteiger partial charge in [0.25, 0.3) is 0 Å². The van der Waals surface area contributed by atoms with Crippen molar-refractivity contribution in [2.45, 2.75) is 52.9 Å². The lowest BCUT2D eigenvalue weighted by Gasteiger charge is -2.28. The van der Waals surface area contributed by atoms with Crippen LogP contribution in [0.5, 0.6) is 0 Å². The van der Waals surface area contributed by atoms with Crippen LogP contribution < -0.4 is 0 Å². The van der Waals surface area contributed by atoms with Crippen molar-refractivity contribution in [3.8, 4) is 0 Å². The highest BCUT2D eigenvalue weighted by Crippen LogP contribution is 2.45. The van der Waals surface area contributed by atoms with Gasteiger partial charge in [-0.25, -0.2) is 0 Å². The standard InChI is InChI=1S/C14H27O2P/c1-9(2)10(3)13-14(16-17(6,7)8)11(4)12(5)15-13/h11-14H,6H2,1-5,7-8H3/t11-,12-,13+,14-/m0/s1. The maximum atomic E-state index is 6.21. The minimum Gasteiger partial charge on any atom is -0.368 e. The van der Waals surface area contributed by atoms with Gasteiger partial charge in [0.2, 0.25) is 0 Å². The molecular weight excluding hydrogens is 231 g/mol. The maximum absolute atomic E-state index is 6.21. The van der Waals surface area contributed by atoms with Gasteiger partial charge in [0.05, 0.1) is 12.2 Å². The molecule has 1 aliphatic heterocycles. The van der Waals surface area contributed by atoms with Crippen LogP contribution in [0.25, 0.3) is 0 Å². The Hall–Kier alpha value is -0.0400. The monoisotopic (exact) mass is 258 g/mol. The average Bonchev–Trinajstić information content (AvgIpc) is 2.42. The maximum Gasteiger partial charge on any atom is 0.106 e. The van der Waals surface area contributed by atoms with Crippen LogP contribution in [0.3, 0.4) is 0 Å². The summed E-state index contributed by atoms with van der Waals surface area (Å²) in [5.74, 6) is 0.426. The molecule has 0 aromatic heterocycles. The first kappa shape index (κ1) is 15.0. The molecule has 0 spiro atoms. The first-order chi connectivity index (χ1) is 7.63. The van der Waals surface area contributed by atoms with E-state index in [4.69, 9.17) is 9.26 Å². The molecule has 0 aromatic carbocycles. The van der Waals surface area contributed by atoms with E-state index >= 15 is 0 Å². The van der Waals surface area contributed by atoms with E-state index in [0.717, 1.165) is 0 Å². The average molecular weight is 258 g/mol. The molecule has 100 valence electrons. The van der Waals surface area contributed by atoms with E-state index in [1.165, 1.54) is 11.1 Å². The van der Waals surface area contributed by atoms with E-state index < -0.39 is 7.11 Å². The van der Waals surface area contributed by atoms with E-state index in [0.29, 0.717) is 5.92 Å². The molecule has 0 aliphatic carbocycles. The van der Waals surface area contributed by atoms with Crippen molar-refractivity contribution >= 4 is 13.4 Å². The SMILES string of the molecule is C=P(C)(C)O[C@H]1[C@@H](C)[C@H](C)O[C@@H]1C(C)=C(C)C. The summed E-state index contributed by atoms with van der Waals surface area (Å²) in [6.45, 7) is 15.0. The summed E-state index contributed by atoms with van der Waals surface area (Å²) in [6, 6.07) is 0. The van der Waals surface area contributed by atoms with Crippen LogP contribution >= 0.6 is 7.11 Å². The third kappa shape index (κ3) is 3.71. The molecular formula is C14H27O2P. The summed E-state index contributed by atoms with van der Waals surface area (Å²) in [6.07, 6.45) is 4.66. The summed E-state index contributed by atoms with van der Waals surface area (Å²) >= 11 is 0. The second-order valence-electron chi connectivity index (χ2n) is 5.95. The van der Waals surface area contributed by atoms with Crippen molar-refractivity contribution < 1.29 is 9.26 Å². The Labute approximate surface area is 106 Å². The lowest BCUT2D eigenvalue weighted by Crippen LogP contribution is -2.29. The van der Waals surface area contributed by atoms with Gasteiger partial charge in [-0.05, 0) is 53.7 Å². The summed E-state index contributed by atoms with van der Waals surface area (Å²) in [5.41, 5.74) is 2.63. The van der Waals surface area contributed by atoms with Gasteiger partial charge in [-0.15, -0.1) is 0 Å². The lowest BCUT2D eigenvalue weighted by molar-refractivity contribution is 0.0483. The highest BCUT2D eigenvalue weighted by atomic mass is 31.2. The highest BCUT2D eigenvalue weighted by molar-refractivity contribution is 7.67. The van der Waals surface area contributed by atoms with Crippen LogP contribution in [0, 0.1) is 5.92 Å². The Bertz CT molecular complexity index is 349. The highest BCUT2D eigenvalue weighted by Gasteiger charge is 2.42. The van der Waals surface area contributed by atoms with Gasteiger partial charge >= 0.3 is 0 Å². The van der Waals surface area contributed by atoms with Gasteiger partial charge in [0.15, 0.2) is 0 Å². The third-order valence-corrected chi connectivity index (χ3v) is 4.35. The molecule has 0 saturated carbocycles. The van der Waals surface area contributed by atoms with E-state index in [1.54, 1.807) is 0 Å². The Kier molecular flexibility index (Phi) is 4.68. The number of allylic oxidation sites excluding steroid dienone is 1. The third-order valence-electron chi connectivity index (χ3n) is 3.54. The molecule has 3 heteroatoms. The summed E-state index contributed by atoms with van der Waals surface area (Å²) < 4.78 is 12.3. The van der Waals surface area contributed by atoms with E-state index in [9.17, 15) is 0 Å². The molecule has 0 aromatic rings. The summed E-state index contributed by atoms with van der Waals surface area (Å²) in [7, 11) is -1.49. The number of hydrogen-bond acceptors (Lipinski definition) is 2. The second-order valence-corrected chi connectivity index (χ2v) is 9.31. The van der Waals surface area contributed by atoms with Crippen LogP contribution in [0.15, 0.2) is 11.1 Å². The van der Waals surface area contributed by atoms with Crippen molar-refractivity contribution in [1.82, 2.24) is 0 Å². The smallest absolute Gasteiger partial charge is 0.106 e. The van der Waals surface area contributed by atoms with Crippen LogP contribution in [0.2, 0.25) is 0 Å². The molecule has 0 amide bonds. The van der Waals surface area contributed by atoms with Crippen molar-refractivity contribution in [2.24, 2.45) is 5.92 Å². The predicted molar refractivity (Wildman–Crippen MR) is 78.3 cm³/mol. The fourth-order valence-corrected chi connectivity index (χ4v) is 3.05. The molecule has 2 nitrogen and oxygen atoms in total. The van der Waals surface area contributed by atoms with Crippen LogP contribution in [-0.2, 0) is 9.26 Å². The predicted octanol–water partition coefficient (Wildman–Crippen LogP) is 3.78. The quantitative estimate of drug-likeness (QED) is 0.566. The topological polar surface area (TPSA) is 18.5 Å². The van der Waals surface area contributed by atoms with Gasteiger partial charge in [-0.1, -0.05) is 18.8 Å². The second kappa shape index (κ2) is 5.30. The lowest BCUT2D eigenvalue weighted by atomic mass is 9.94. The molecule has 0 N–H and O–H groups in total. The van der Waals surface area contributed by atoms with E-state index in [-0.39, 0.29) is 18.3 Å². The fourth-order valence-electron chi connectivity index (χ4n) is 2.09. The van der Waals surface area contributed by atoms with E-state index in [1.807, 2.05) is 0 Å². The molecule has 17 heavy (non-hydrogen) atoms. The molecule has 0 bridgehead atoms. The first-order valence-corrected chi connectivity index (χ1v) is 9.08. The molecule has 4 atom stereocenters. The van der Waals surface area contributed by atoms with Crippen LogP contribution in [-0.4, -0.2) is 37.9 Å². The fraction of sp³-hybridized carbons (Fsp3) is 0.786. The van der Waals surface area contributed by atoms with Crippen molar-refractivity contribution in [3.63, 3.8) is 0 Å². The Morgan fingerprint density at radius 2 is 1.71 bits per heavy atom. The largest absolute Gasteiger partial charge is 0.368 e. The zero-order chi connectivity index (χ0) is 13.4. The first-order valence-electron chi connectivity index (χ1n) is 6.29. The van der Waals surface area contributed by atoms with E-state index in [2.05, 4.69) is 54.2 Å². The Morgan fingerprint density at radius 3 is 2.12 bits per heavy atom. The van der Waals surface area contributed by atoms with Crippen LogP contribution in [0.1, 0.15) is 34.6 Å². The Balaban J connectivity index is 2.97. The van der Waals surface area contributed by atoms with Gasteiger partial charge in [0.1, 0.15) is 6.10 Å². The summed E-state index contributed by atoms with van der Waals surface area (Å²) in [4.78, 5) is 0. The number of ether oxygens (including phenoxy) is 1. The number of hydrogen-bond donors (Lipinski definition) is 0. The molecule has 1 fully saturated rings. The molecule has 1 rings (SSSR count).